The summed E-state index contributed by atoms with van der Waals surface area (Å²) in [6, 6.07) is 14.6. The Hall–Kier alpha value is -2.18. The zero-order valence-corrected chi connectivity index (χ0v) is 14.4. The van der Waals surface area contributed by atoms with Gasteiger partial charge in [0.1, 0.15) is 12.4 Å². The van der Waals surface area contributed by atoms with E-state index in [0.717, 1.165) is 15.9 Å². The van der Waals surface area contributed by atoms with Crippen molar-refractivity contribution in [2.45, 2.75) is 6.61 Å². The molecule has 3 rings (SSSR count). The van der Waals surface area contributed by atoms with Crippen LogP contribution in [0, 0.1) is 0 Å². The molecule has 0 spiro atoms. The first kappa shape index (κ1) is 15.7. The third-order valence-electron chi connectivity index (χ3n) is 3.09. The van der Waals surface area contributed by atoms with Crippen LogP contribution in [-0.4, -0.2) is 10.9 Å². The van der Waals surface area contributed by atoms with Gasteiger partial charge in [-0.3, -0.25) is 4.79 Å². The Kier molecular flexibility index (Phi) is 5.05. The highest BCUT2D eigenvalue weighted by Crippen LogP contribution is 2.22. The van der Waals surface area contributed by atoms with Crippen molar-refractivity contribution in [3.05, 3.63) is 75.2 Å². The molecule has 0 radical (unpaired) electrons. The van der Waals surface area contributed by atoms with Gasteiger partial charge in [0, 0.05) is 15.4 Å². The van der Waals surface area contributed by atoms with Gasteiger partial charge in [-0.25, -0.2) is 4.98 Å². The van der Waals surface area contributed by atoms with Gasteiger partial charge in [0.25, 0.3) is 5.91 Å². The van der Waals surface area contributed by atoms with Crippen LogP contribution in [0.2, 0.25) is 0 Å². The Morgan fingerprint density at radius 1 is 1.22 bits per heavy atom. The first-order valence-electron chi connectivity index (χ1n) is 6.88. The summed E-state index contributed by atoms with van der Waals surface area (Å²) in [7, 11) is 0. The number of hydrogen-bond donors (Lipinski definition) is 1. The van der Waals surface area contributed by atoms with Gasteiger partial charge in [0.15, 0.2) is 0 Å². The molecule has 0 atom stereocenters. The summed E-state index contributed by atoms with van der Waals surface area (Å²) in [5.41, 5.74) is 3.90. The van der Waals surface area contributed by atoms with Gasteiger partial charge in [0.05, 0.1) is 16.9 Å². The lowest BCUT2D eigenvalue weighted by Gasteiger charge is -2.09. The molecule has 1 heterocycles. The molecule has 0 unspecified atom stereocenters. The van der Waals surface area contributed by atoms with Crippen molar-refractivity contribution < 1.29 is 9.53 Å². The van der Waals surface area contributed by atoms with Gasteiger partial charge < -0.3 is 10.1 Å². The summed E-state index contributed by atoms with van der Waals surface area (Å²) >= 11 is 4.94. The lowest BCUT2D eigenvalue weighted by molar-refractivity contribution is 0.102. The maximum Gasteiger partial charge on any atom is 0.255 e. The highest BCUT2D eigenvalue weighted by Gasteiger charge is 2.09. The fourth-order valence-corrected chi connectivity index (χ4v) is 2.88. The molecular formula is C17H13BrN2O2S. The van der Waals surface area contributed by atoms with Crippen molar-refractivity contribution in [1.29, 1.82) is 0 Å². The van der Waals surface area contributed by atoms with Crippen molar-refractivity contribution >= 4 is 38.9 Å². The zero-order valence-electron chi connectivity index (χ0n) is 12.0. The third-order valence-corrected chi connectivity index (χ3v) is 4.42. The molecule has 0 saturated heterocycles. The van der Waals surface area contributed by atoms with E-state index in [4.69, 9.17) is 4.74 Å². The molecule has 1 aromatic heterocycles. The molecule has 0 saturated carbocycles. The fourth-order valence-electron chi connectivity index (χ4n) is 1.95. The summed E-state index contributed by atoms with van der Waals surface area (Å²) in [4.78, 5) is 16.5. The maximum atomic E-state index is 12.4. The third kappa shape index (κ3) is 4.18. The summed E-state index contributed by atoms with van der Waals surface area (Å²) in [6.07, 6.45) is 0. The van der Waals surface area contributed by atoms with Gasteiger partial charge in [-0.1, -0.05) is 18.2 Å². The predicted octanol–water partition coefficient (Wildman–Crippen LogP) is 4.74. The number of carbonyl (C=O) groups excluding carboxylic acids is 1. The number of anilines is 1. The largest absolute Gasteiger partial charge is 0.487 e. The van der Waals surface area contributed by atoms with Crippen LogP contribution < -0.4 is 10.1 Å². The van der Waals surface area contributed by atoms with Crippen LogP contribution in [-0.2, 0) is 6.61 Å². The highest BCUT2D eigenvalue weighted by atomic mass is 79.9. The number of carbonyl (C=O) groups is 1. The molecule has 116 valence electrons. The van der Waals surface area contributed by atoms with E-state index < -0.39 is 0 Å². The Bertz CT molecular complexity index is 806. The van der Waals surface area contributed by atoms with E-state index in [0.29, 0.717) is 17.9 Å². The highest BCUT2D eigenvalue weighted by molar-refractivity contribution is 9.10. The molecule has 23 heavy (non-hydrogen) atoms. The minimum absolute atomic E-state index is 0.184. The number of nitrogens with zero attached hydrogens (tertiary/aromatic N) is 1. The molecule has 3 aromatic rings. The Balaban J connectivity index is 1.69. The minimum atomic E-state index is -0.184. The smallest absolute Gasteiger partial charge is 0.255 e. The average Bonchev–Trinajstić information content (AvgIpc) is 3.09. The van der Waals surface area contributed by atoms with Crippen molar-refractivity contribution in [1.82, 2.24) is 4.98 Å². The maximum absolute atomic E-state index is 12.4. The van der Waals surface area contributed by atoms with Crippen molar-refractivity contribution in [2.75, 3.05) is 5.32 Å². The van der Waals surface area contributed by atoms with Gasteiger partial charge >= 0.3 is 0 Å². The average molecular weight is 389 g/mol. The van der Waals surface area contributed by atoms with Crippen LogP contribution in [0.5, 0.6) is 5.75 Å². The van der Waals surface area contributed by atoms with Crippen LogP contribution in [0.25, 0.3) is 0 Å². The first-order valence-corrected chi connectivity index (χ1v) is 8.62. The van der Waals surface area contributed by atoms with Gasteiger partial charge in [0.2, 0.25) is 0 Å². The van der Waals surface area contributed by atoms with E-state index >= 15 is 0 Å². The van der Waals surface area contributed by atoms with E-state index in [1.807, 2.05) is 35.7 Å². The number of rotatable bonds is 5. The second kappa shape index (κ2) is 7.39. The number of nitrogens with one attached hydrogen (secondary N) is 1. The molecule has 1 amide bonds. The van der Waals surface area contributed by atoms with Crippen LogP contribution in [0.15, 0.2) is 63.9 Å². The predicted molar refractivity (Wildman–Crippen MR) is 95.0 cm³/mol. The van der Waals surface area contributed by atoms with Gasteiger partial charge in [-0.15, -0.1) is 11.3 Å². The van der Waals surface area contributed by atoms with Crippen LogP contribution in [0.4, 0.5) is 5.69 Å². The second-order valence-electron chi connectivity index (χ2n) is 4.73. The normalized spacial score (nSPS) is 10.3. The number of amides is 1. The zero-order chi connectivity index (χ0) is 16.1. The van der Waals surface area contributed by atoms with E-state index in [2.05, 4.69) is 26.2 Å². The number of ether oxygens (including phenoxy) is 1. The number of hydrogen-bond acceptors (Lipinski definition) is 4. The lowest BCUT2D eigenvalue weighted by atomic mass is 10.2. The van der Waals surface area contributed by atoms with Crippen LogP contribution in [0.1, 0.15) is 16.1 Å². The molecular weight excluding hydrogens is 376 g/mol. The molecule has 0 aliphatic rings. The summed E-state index contributed by atoms with van der Waals surface area (Å²) < 4.78 is 6.51. The van der Waals surface area contributed by atoms with Crippen LogP contribution in [0.3, 0.4) is 0 Å². The number of aromatic nitrogens is 1. The van der Waals surface area contributed by atoms with Crippen molar-refractivity contribution in [3.8, 4) is 5.75 Å². The minimum Gasteiger partial charge on any atom is -0.487 e. The standard InChI is InChI=1S/C17H13BrN2O2S/c18-15-6-1-2-7-16(15)20-17(21)12-4-3-5-14(8-12)22-9-13-10-23-11-19-13/h1-8,10-11H,9H2,(H,20,21). The quantitative estimate of drug-likeness (QED) is 0.686. The Morgan fingerprint density at radius 2 is 2.09 bits per heavy atom. The molecule has 0 aliphatic heterocycles. The molecule has 0 bridgehead atoms. The van der Waals surface area contributed by atoms with E-state index in [-0.39, 0.29) is 5.91 Å². The topological polar surface area (TPSA) is 51.2 Å². The molecule has 0 aliphatic carbocycles. The Labute approximate surface area is 146 Å². The number of para-hydroxylation sites is 1. The summed E-state index contributed by atoms with van der Waals surface area (Å²) in [5, 5.41) is 4.81. The van der Waals surface area contributed by atoms with E-state index in [9.17, 15) is 4.79 Å². The summed E-state index contributed by atoms with van der Waals surface area (Å²) in [5.74, 6) is 0.453. The SMILES string of the molecule is O=C(Nc1ccccc1Br)c1cccc(OCc2cscn2)c1. The van der Waals surface area contributed by atoms with E-state index in [1.165, 1.54) is 11.3 Å². The molecule has 1 N–H and O–H groups in total. The van der Waals surface area contributed by atoms with Crippen molar-refractivity contribution in [3.63, 3.8) is 0 Å². The lowest BCUT2D eigenvalue weighted by Crippen LogP contribution is -2.12. The molecule has 2 aromatic carbocycles. The number of thiazole rings is 1. The summed E-state index contributed by atoms with van der Waals surface area (Å²) in [6.45, 7) is 0.388. The second-order valence-corrected chi connectivity index (χ2v) is 6.30. The van der Waals surface area contributed by atoms with Crippen molar-refractivity contribution in [2.24, 2.45) is 0 Å². The van der Waals surface area contributed by atoms with Gasteiger partial charge in [-0.2, -0.15) is 0 Å². The Morgan fingerprint density at radius 3 is 2.87 bits per heavy atom. The molecule has 0 fully saturated rings. The number of halogens is 1. The number of benzene rings is 2. The van der Waals surface area contributed by atoms with E-state index in [1.54, 1.807) is 23.7 Å². The molecule has 6 heteroatoms. The first-order chi connectivity index (χ1) is 11.2. The van der Waals surface area contributed by atoms with Gasteiger partial charge in [-0.05, 0) is 46.3 Å². The fraction of sp³-hybridized carbons (Fsp3) is 0.0588. The van der Waals surface area contributed by atoms with Crippen LogP contribution >= 0.6 is 27.3 Å². The monoisotopic (exact) mass is 388 g/mol. The molecule has 4 nitrogen and oxygen atoms in total.